The number of fused-ring (bicyclic) bond motifs is 1. The molecule has 3 aromatic rings. The molecule has 1 N–H and O–H groups in total. The molecule has 1 aromatic heterocycles. The third-order valence-electron chi connectivity index (χ3n) is 7.33. The summed E-state index contributed by atoms with van der Waals surface area (Å²) in [6.07, 6.45) is 7.49. The Morgan fingerprint density at radius 2 is 1.73 bits per heavy atom. The summed E-state index contributed by atoms with van der Waals surface area (Å²) in [4.78, 5) is 34.0. The number of ether oxygens (including phenoxy) is 2. The number of carbonyl (C=O) groups is 2. The largest absolute Gasteiger partial charge is 0.497 e. The predicted molar refractivity (Wildman–Crippen MR) is 145 cm³/mol. The van der Waals surface area contributed by atoms with E-state index in [1.807, 2.05) is 47.5 Å². The van der Waals surface area contributed by atoms with Crippen LogP contribution in [0.5, 0.6) is 5.75 Å². The number of aromatic nitrogens is 1. The number of carbonyl (C=O) groups excluding carboxylic acids is 2. The van der Waals surface area contributed by atoms with Crippen molar-refractivity contribution in [1.82, 2.24) is 14.8 Å². The van der Waals surface area contributed by atoms with Crippen LogP contribution in [0.2, 0.25) is 0 Å². The minimum Gasteiger partial charge on any atom is -0.497 e. The van der Waals surface area contributed by atoms with Crippen LogP contribution in [0.4, 0.5) is 0 Å². The van der Waals surface area contributed by atoms with E-state index in [0.717, 1.165) is 55.4 Å². The van der Waals surface area contributed by atoms with Crippen molar-refractivity contribution >= 4 is 22.7 Å². The van der Waals surface area contributed by atoms with E-state index >= 15 is 0 Å². The Kier molecular flexibility index (Phi) is 9.60. The highest BCUT2D eigenvalue weighted by atomic mass is 16.5. The van der Waals surface area contributed by atoms with Gasteiger partial charge in [0.25, 0.3) is 0 Å². The molecule has 0 bridgehead atoms. The summed E-state index contributed by atoms with van der Waals surface area (Å²) in [5.74, 6) is 0.908. The minimum absolute atomic E-state index is 0.0283. The molecular formula is C30H39N3O4. The van der Waals surface area contributed by atoms with Gasteiger partial charge in [-0.2, -0.15) is 0 Å². The number of nitrogens with zero attached hydrogens (tertiary/aromatic N) is 2. The minimum atomic E-state index is -0.0283. The Balaban J connectivity index is 1.50. The van der Waals surface area contributed by atoms with Gasteiger partial charge in [-0.3, -0.25) is 9.59 Å². The molecule has 2 aromatic carbocycles. The molecule has 37 heavy (non-hydrogen) atoms. The molecule has 7 heteroatoms. The van der Waals surface area contributed by atoms with Crippen LogP contribution in [-0.4, -0.2) is 67.1 Å². The topological polar surface area (TPSA) is 74.9 Å². The van der Waals surface area contributed by atoms with Crippen molar-refractivity contribution in [2.24, 2.45) is 5.92 Å². The molecule has 198 valence electrons. The first-order valence-corrected chi connectivity index (χ1v) is 13.3. The van der Waals surface area contributed by atoms with Gasteiger partial charge >= 0.3 is 0 Å². The van der Waals surface area contributed by atoms with Crippen molar-refractivity contribution in [3.05, 3.63) is 65.9 Å². The van der Waals surface area contributed by atoms with Gasteiger partial charge < -0.3 is 24.3 Å². The third kappa shape index (κ3) is 7.13. The first-order valence-electron chi connectivity index (χ1n) is 13.3. The zero-order valence-corrected chi connectivity index (χ0v) is 22.1. The van der Waals surface area contributed by atoms with E-state index in [1.54, 1.807) is 19.1 Å². The molecule has 0 atom stereocenters. The molecule has 0 spiro atoms. The van der Waals surface area contributed by atoms with Gasteiger partial charge in [-0.25, -0.2) is 0 Å². The van der Waals surface area contributed by atoms with Crippen LogP contribution in [0.15, 0.2) is 54.7 Å². The van der Waals surface area contributed by atoms with Gasteiger partial charge in [0.05, 0.1) is 13.7 Å². The highest BCUT2D eigenvalue weighted by molar-refractivity contribution is 5.86. The maximum Gasteiger partial charge on any atom is 0.242 e. The molecule has 0 aliphatic heterocycles. The fourth-order valence-electron chi connectivity index (χ4n) is 5.20. The lowest BCUT2D eigenvalue weighted by Gasteiger charge is -2.29. The summed E-state index contributed by atoms with van der Waals surface area (Å²) in [6.45, 7) is 2.25. The second kappa shape index (κ2) is 13.3. The number of hydrogen-bond acceptors (Lipinski definition) is 4. The SMILES string of the molecule is COCCCN(CC(=O)N(CCc1c[nH]c2ccccc12)Cc1ccc(OC)cc1)C(=O)C1CCCC1. The van der Waals surface area contributed by atoms with E-state index in [0.29, 0.717) is 26.2 Å². The standard InChI is InChI=1S/C30H39N3O4/c1-36-19-7-17-33(30(35)24-8-3-4-9-24)22-29(34)32(21-23-12-14-26(37-2)15-13-23)18-16-25-20-31-28-11-6-5-10-27(25)28/h5-6,10-15,20,24,31H,3-4,7-9,16-19,21-22H2,1-2H3. The number of aromatic amines is 1. The van der Waals surface area contributed by atoms with Gasteiger partial charge in [-0.05, 0) is 55.0 Å². The van der Waals surface area contributed by atoms with Gasteiger partial charge in [-0.15, -0.1) is 0 Å². The number of H-pyrrole nitrogens is 1. The highest BCUT2D eigenvalue weighted by Crippen LogP contribution is 2.27. The second-order valence-electron chi connectivity index (χ2n) is 9.86. The molecule has 0 radical (unpaired) electrons. The summed E-state index contributed by atoms with van der Waals surface area (Å²) in [6, 6.07) is 16.0. The van der Waals surface area contributed by atoms with E-state index in [4.69, 9.17) is 9.47 Å². The second-order valence-corrected chi connectivity index (χ2v) is 9.86. The number of rotatable bonds is 13. The highest BCUT2D eigenvalue weighted by Gasteiger charge is 2.29. The van der Waals surface area contributed by atoms with Crippen LogP contribution in [0.25, 0.3) is 10.9 Å². The summed E-state index contributed by atoms with van der Waals surface area (Å²) in [7, 11) is 3.31. The molecule has 1 fully saturated rings. The Morgan fingerprint density at radius 1 is 0.973 bits per heavy atom. The van der Waals surface area contributed by atoms with Crippen LogP contribution in [0.1, 0.15) is 43.2 Å². The smallest absolute Gasteiger partial charge is 0.242 e. The summed E-state index contributed by atoms with van der Waals surface area (Å²) >= 11 is 0. The maximum absolute atomic E-state index is 13.7. The van der Waals surface area contributed by atoms with Gasteiger partial charge in [0.1, 0.15) is 5.75 Å². The lowest BCUT2D eigenvalue weighted by Crippen LogP contribution is -2.45. The van der Waals surface area contributed by atoms with Crippen LogP contribution < -0.4 is 4.74 Å². The number of nitrogens with one attached hydrogen (secondary N) is 1. The molecule has 4 rings (SSSR count). The average molecular weight is 506 g/mol. The summed E-state index contributed by atoms with van der Waals surface area (Å²) in [5, 5.41) is 1.18. The maximum atomic E-state index is 13.7. The molecule has 2 amide bonds. The van der Waals surface area contributed by atoms with Crippen LogP contribution in [0, 0.1) is 5.92 Å². The fourth-order valence-corrected chi connectivity index (χ4v) is 5.20. The molecule has 1 aliphatic carbocycles. The lowest BCUT2D eigenvalue weighted by molar-refractivity contribution is -0.143. The lowest BCUT2D eigenvalue weighted by atomic mass is 10.1. The van der Waals surface area contributed by atoms with Crippen LogP contribution in [0.3, 0.4) is 0 Å². The summed E-state index contributed by atoms with van der Waals surface area (Å²) < 4.78 is 10.5. The van der Waals surface area contributed by atoms with Crippen molar-refractivity contribution in [3.8, 4) is 5.75 Å². The van der Waals surface area contributed by atoms with Crippen molar-refractivity contribution in [2.75, 3.05) is 40.5 Å². The van der Waals surface area contributed by atoms with E-state index < -0.39 is 0 Å². The molecule has 1 heterocycles. The van der Waals surface area contributed by atoms with E-state index in [2.05, 4.69) is 17.1 Å². The zero-order chi connectivity index (χ0) is 26.0. The van der Waals surface area contributed by atoms with E-state index in [1.165, 1.54) is 10.9 Å². The number of benzene rings is 2. The van der Waals surface area contributed by atoms with Gasteiger partial charge in [0.15, 0.2) is 0 Å². The Hall–Kier alpha value is -3.32. The normalized spacial score (nSPS) is 13.7. The molecule has 0 unspecified atom stereocenters. The Bertz CT molecular complexity index is 1150. The third-order valence-corrected chi connectivity index (χ3v) is 7.33. The number of hydrogen-bond donors (Lipinski definition) is 1. The molecule has 1 saturated carbocycles. The molecule has 7 nitrogen and oxygen atoms in total. The van der Waals surface area contributed by atoms with Gasteiger partial charge in [0, 0.05) is 56.4 Å². The summed E-state index contributed by atoms with van der Waals surface area (Å²) in [5.41, 5.74) is 3.31. The van der Waals surface area contributed by atoms with Gasteiger partial charge in [-0.1, -0.05) is 43.2 Å². The van der Waals surface area contributed by atoms with Crippen molar-refractivity contribution in [3.63, 3.8) is 0 Å². The monoisotopic (exact) mass is 505 g/mol. The number of para-hydroxylation sites is 1. The first-order chi connectivity index (χ1) is 18.1. The van der Waals surface area contributed by atoms with E-state index in [-0.39, 0.29) is 24.3 Å². The quantitative estimate of drug-likeness (QED) is 0.339. The molecule has 0 saturated heterocycles. The fraction of sp³-hybridized carbons (Fsp3) is 0.467. The van der Waals surface area contributed by atoms with E-state index in [9.17, 15) is 9.59 Å². The molecular weight excluding hydrogens is 466 g/mol. The van der Waals surface area contributed by atoms with Gasteiger partial charge in [0.2, 0.25) is 11.8 Å². The van der Waals surface area contributed by atoms with Crippen molar-refractivity contribution in [1.29, 1.82) is 0 Å². The predicted octanol–water partition coefficient (Wildman–Crippen LogP) is 4.80. The van der Waals surface area contributed by atoms with Crippen LogP contribution in [-0.2, 0) is 27.3 Å². The first kappa shape index (κ1) is 26.7. The van der Waals surface area contributed by atoms with Crippen molar-refractivity contribution < 1.29 is 19.1 Å². The molecule has 1 aliphatic rings. The number of amides is 2. The Labute approximate surface area is 219 Å². The number of methoxy groups -OCH3 is 2. The van der Waals surface area contributed by atoms with Crippen molar-refractivity contribution in [2.45, 2.75) is 45.1 Å². The zero-order valence-electron chi connectivity index (χ0n) is 22.1. The average Bonchev–Trinajstić information content (AvgIpc) is 3.61. The van der Waals surface area contributed by atoms with Crippen LogP contribution >= 0.6 is 0 Å². The Morgan fingerprint density at radius 3 is 2.46 bits per heavy atom.